The van der Waals surface area contributed by atoms with Crippen LogP contribution in [0.3, 0.4) is 0 Å². The molecule has 1 fully saturated rings. The number of ether oxygens (including phenoxy) is 1. The first-order valence-corrected chi connectivity index (χ1v) is 6.49. The molecule has 0 amide bonds. The molecule has 100 valence electrons. The van der Waals surface area contributed by atoms with Crippen molar-refractivity contribution in [1.29, 1.82) is 0 Å². The minimum atomic E-state index is -0.630. The fourth-order valence-corrected chi connectivity index (χ4v) is 2.48. The molecule has 1 aliphatic carbocycles. The molecule has 0 spiro atoms. The molecule has 2 rings (SSSR count). The van der Waals surface area contributed by atoms with E-state index in [2.05, 4.69) is 5.32 Å². The second kappa shape index (κ2) is 6.14. The Kier molecular flexibility index (Phi) is 4.53. The Balaban J connectivity index is 2.10. The zero-order valence-electron chi connectivity index (χ0n) is 10.6. The summed E-state index contributed by atoms with van der Waals surface area (Å²) >= 11 is 0. The van der Waals surface area contributed by atoms with Gasteiger partial charge in [0.25, 0.3) is 0 Å². The maximum absolute atomic E-state index is 13.6. The smallest absolute Gasteiger partial charge is 0.167 e. The molecule has 0 radical (unpaired) electrons. The first-order chi connectivity index (χ1) is 8.70. The lowest BCUT2D eigenvalue weighted by Gasteiger charge is -2.25. The quantitative estimate of drug-likeness (QED) is 0.837. The maximum Gasteiger partial charge on any atom is 0.167 e. The van der Waals surface area contributed by atoms with Crippen molar-refractivity contribution in [3.63, 3.8) is 0 Å². The van der Waals surface area contributed by atoms with Gasteiger partial charge in [0.05, 0.1) is 0 Å². The summed E-state index contributed by atoms with van der Waals surface area (Å²) in [5.74, 6) is -1.07. The molecule has 2 atom stereocenters. The minimum absolute atomic E-state index is 0.0440. The monoisotopic (exact) mass is 255 g/mol. The van der Waals surface area contributed by atoms with Crippen molar-refractivity contribution < 1.29 is 13.5 Å². The van der Waals surface area contributed by atoms with Gasteiger partial charge in [0.2, 0.25) is 0 Å². The first kappa shape index (κ1) is 13.3. The molecule has 1 aromatic carbocycles. The summed E-state index contributed by atoms with van der Waals surface area (Å²) < 4.78 is 32.1. The van der Waals surface area contributed by atoms with Gasteiger partial charge < -0.3 is 10.1 Å². The van der Waals surface area contributed by atoms with E-state index in [1.165, 1.54) is 18.6 Å². The van der Waals surface area contributed by atoms with Crippen molar-refractivity contribution in [1.82, 2.24) is 5.32 Å². The summed E-state index contributed by atoms with van der Waals surface area (Å²) in [5, 5.41) is 3.22. The van der Waals surface area contributed by atoms with Gasteiger partial charge in [0, 0.05) is 12.1 Å². The predicted octanol–water partition coefficient (Wildman–Crippen LogP) is 3.26. The van der Waals surface area contributed by atoms with Gasteiger partial charge in [-0.1, -0.05) is 12.8 Å². The number of hydrogen-bond donors (Lipinski definition) is 1. The number of nitrogens with one attached hydrogen (secondary N) is 1. The lowest BCUT2D eigenvalue weighted by molar-refractivity contribution is 0.142. The Labute approximate surface area is 106 Å². The van der Waals surface area contributed by atoms with E-state index in [1.807, 2.05) is 7.05 Å². The van der Waals surface area contributed by atoms with Crippen molar-refractivity contribution in [2.75, 3.05) is 7.05 Å². The first-order valence-electron chi connectivity index (χ1n) is 6.49. The number of rotatable bonds is 3. The van der Waals surface area contributed by atoms with E-state index in [9.17, 15) is 8.78 Å². The molecule has 2 nitrogen and oxygen atoms in total. The fourth-order valence-electron chi connectivity index (χ4n) is 2.48. The van der Waals surface area contributed by atoms with E-state index >= 15 is 0 Å². The molecule has 0 bridgehead atoms. The van der Waals surface area contributed by atoms with E-state index in [1.54, 1.807) is 0 Å². The normalized spacial score (nSPS) is 24.6. The van der Waals surface area contributed by atoms with Crippen LogP contribution < -0.4 is 10.1 Å². The lowest BCUT2D eigenvalue weighted by Crippen LogP contribution is -2.40. The summed E-state index contributed by atoms with van der Waals surface area (Å²) in [4.78, 5) is 0. The molecule has 0 saturated heterocycles. The molecule has 18 heavy (non-hydrogen) atoms. The van der Waals surface area contributed by atoms with Crippen LogP contribution in [0, 0.1) is 11.6 Å². The average molecular weight is 255 g/mol. The summed E-state index contributed by atoms with van der Waals surface area (Å²) in [7, 11) is 1.90. The molecule has 1 aliphatic rings. The van der Waals surface area contributed by atoms with Crippen LogP contribution in [-0.4, -0.2) is 19.2 Å². The highest BCUT2D eigenvalue weighted by atomic mass is 19.1. The zero-order chi connectivity index (χ0) is 13.0. The molecule has 0 heterocycles. The molecule has 1 N–H and O–H groups in total. The highest BCUT2D eigenvalue weighted by molar-refractivity contribution is 5.25. The summed E-state index contributed by atoms with van der Waals surface area (Å²) in [5.41, 5.74) is 0. The highest BCUT2D eigenvalue weighted by Crippen LogP contribution is 2.25. The van der Waals surface area contributed by atoms with E-state index in [-0.39, 0.29) is 17.9 Å². The molecule has 1 aromatic rings. The van der Waals surface area contributed by atoms with E-state index in [0.717, 1.165) is 31.7 Å². The third-order valence-electron chi connectivity index (χ3n) is 3.50. The van der Waals surface area contributed by atoms with Gasteiger partial charge in [-0.05, 0) is 38.4 Å². The fraction of sp³-hybridized carbons (Fsp3) is 0.571. The third-order valence-corrected chi connectivity index (χ3v) is 3.50. The van der Waals surface area contributed by atoms with Crippen LogP contribution >= 0.6 is 0 Å². The Bertz CT molecular complexity index is 397. The number of likely N-dealkylation sites (N-methyl/N-ethyl adjacent to an activating group) is 1. The number of halogens is 2. The standard InChI is InChI=1S/C14H19F2NO/c1-17-12-5-3-2-4-6-14(12)18-13-8-7-10(15)9-11(13)16/h7-9,12,14,17H,2-6H2,1H3. The van der Waals surface area contributed by atoms with Gasteiger partial charge in [-0.2, -0.15) is 0 Å². The van der Waals surface area contributed by atoms with E-state index < -0.39 is 11.6 Å². The molecule has 2 unspecified atom stereocenters. The molecule has 1 saturated carbocycles. The van der Waals surface area contributed by atoms with Gasteiger partial charge in [-0.3, -0.25) is 0 Å². The van der Waals surface area contributed by atoms with Crippen molar-refractivity contribution in [3.8, 4) is 5.75 Å². The molecular formula is C14H19F2NO. The molecule has 4 heteroatoms. The van der Waals surface area contributed by atoms with Crippen LogP contribution in [-0.2, 0) is 0 Å². The highest BCUT2D eigenvalue weighted by Gasteiger charge is 2.24. The molecule has 0 aliphatic heterocycles. The van der Waals surface area contributed by atoms with Gasteiger partial charge in [0.15, 0.2) is 11.6 Å². The predicted molar refractivity (Wildman–Crippen MR) is 66.7 cm³/mol. The van der Waals surface area contributed by atoms with Gasteiger partial charge >= 0.3 is 0 Å². The van der Waals surface area contributed by atoms with Crippen LogP contribution in [0.15, 0.2) is 18.2 Å². The second-order valence-corrected chi connectivity index (χ2v) is 4.76. The Morgan fingerprint density at radius 2 is 1.94 bits per heavy atom. The van der Waals surface area contributed by atoms with Gasteiger partial charge in [0.1, 0.15) is 11.9 Å². The SMILES string of the molecule is CNC1CCCCCC1Oc1ccc(F)cc1F. The lowest BCUT2D eigenvalue weighted by atomic mass is 10.1. The average Bonchev–Trinajstić information content (AvgIpc) is 2.57. The molecular weight excluding hydrogens is 236 g/mol. The topological polar surface area (TPSA) is 21.3 Å². The van der Waals surface area contributed by atoms with Crippen molar-refractivity contribution in [3.05, 3.63) is 29.8 Å². The second-order valence-electron chi connectivity index (χ2n) is 4.76. The Morgan fingerprint density at radius 3 is 2.67 bits per heavy atom. The minimum Gasteiger partial charge on any atom is -0.486 e. The summed E-state index contributed by atoms with van der Waals surface area (Å²) in [6.07, 6.45) is 5.33. The van der Waals surface area contributed by atoms with E-state index in [4.69, 9.17) is 4.74 Å². The largest absolute Gasteiger partial charge is 0.486 e. The van der Waals surface area contributed by atoms with Crippen LogP contribution in [0.5, 0.6) is 5.75 Å². The number of hydrogen-bond acceptors (Lipinski definition) is 2. The van der Waals surface area contributed by atoms with Crippen molar-refractivity contribution in [2.45, 2.75) is 44.2 Å². The van der Waals surface area contributed by atoms with Gasteiger partial charge in [-0.15, -0.1) is 0 Å². The van der Waals surface area contributed by atoms with Gasteiger partial charge in [-0.25, -0.2) is 8.78 Å². The number of benzene rings is 1. The van der Waals surface area contributed by atoms with Crippen LogP contribution in [0.4, 0.5) is 8.78 Å². The van der Waals surface area contributed by atoms with Crippen LogP contribution in [0.2, 0.25) is 0 Å². The van der Waals surface area contributed by atoms with E-state index in [0.29, 0.717) is 0 Å². The maximum atomic E-state index is 13.6. The Hall–Kier alpha value is -1.16. The Morgan fingerprint density at radius 1 is 1.17 bits per heavy atom. The molecule has 0 aromatic heterocycles. The zero-order valence-corrected chi connectivity index (χ0v) is 10.6. The summed E-state index contributed by atoms with van der Waals surface area (Å²) in [6.45, 7) is 0. The van der Waals surface area contributed by atoms with Crippen LogP contribution in [0.25, 0.3) is 0 Å². The summed E-state index contributed by atoms with van der Waals surface area (Å²) in [6, 6.07) is 3.68. The van der Waals surface area contributed by atoms with Crippen molar-refractivity contribution >= 4 is 0 Å². The third kappa shape index (κ3) is 3.19. The van der Waals surface area contributed by atoms with Crippen molar-refractivity contribution in [2.24, 2.45) is 0 Å². The van der Waals surface area contributed by atoms with Crippen LogP contribution in [0.1, 0.15) is 32.1 Å².